The standard InChI is InChI=1S/C23H21FN4O3S2/c24-17-5-3-15(4-6-17)22-26-19-8-7-18(14-20(19)27-22)25-23(29)16-9-11-28(12-10-16)33(30,31)21-2-1-13-32-21/h1-8,13-14,16H,9-12H2,(H,25,29)(H,26,27). The smallest absolute Gasteiger partial charge is 0.252 e. The number of imidazole rings is 1. The summed E-state index contributed by atoms with van der Waals surface area (Å²) in [5, 5.41) is 4.68. The lowest BCUT2D eigenvalue weighted by molar-refractivity contribution is -0.120. The van der Waals surface area contributed by atoms with E-state index in [2.05, 4.69) is 15.3 Å². The van der Waals surface area contributed by atoms with Crippen LogP contribution in [0.15, 0.2) is 64.2 Å². The zero-order chi connectivity index (χ0) is 23.0. The molecule has 3 heterocycles. The minimum atomic E-state index is -3.49. The highest BCUT2D eigenvalue weighted by molar-refractivity contribution is 7.91. The third-order valence-corrected chi connectivity index (χ3v) is 9.05. The van der Waals surface area contributed by atoms with Crippen molar-refractivity contribution >= 4 is 44.0 Å². The second-order valence-corrected chi connectivity index (χ2v) is 11.0. The predicted molar refractivity (Wildman–Crippen MR) is 126 cm³/mol. The molecule has 0 spiro atoms. The van der Waals surface area contributed by atoms with Crippen LogP contribution in [-0.2, 0) is 14.8 Å². The van der Waals surface area contributed by atoms with Crippen molar-refractivity contribution in [2.24, 2.45) is 5.92 Å². The molecule has 0 aliphatic carbocycles. The van der Waals surface area contributed by atoms with Crippen molar-refractivity contribution in [2.75, 3.05) is 18.4 Å². The molecule has 2 N–H and O–H groups in total. The summed E-state index contributed by atoms with van der Waals surface area (Å²) in [6, 6.07) is 14.8. The summed E-state index contributed by atoms with van der Waals surface area (Å²) in [5.74, 6) is -0.0737. The minimum absolute atomic E-state index is 0.124. The Morgan fingerprint density at radius 3 is 2.58 bits per heavy atom. The molecule has 1 fully saturated rings. The van der Waals surface area contributed by atoms with Gasteiger partial charge in [0, 0.05) is 30.3 Å². The molecule has 1 amide bonds. The Hall–Kier alpha value is -3.08. The van der Waals surface area contributed by atoms with E-state index in [0.29, 0.717) is 41.7 Å². The third-order valence-electron chi connectivity index (χ3n) is 5.78. The Kier molecular flexibility index (Phi) is 5.73. The Balaban J connectivity index is 1.24. The van der Waals surface area contributed by atoms with Gasteiger partial charge in [-0.2, -0.15) is 4.31 Å². The van der Waals surface area contributed by atoms with Gasteiger partial charge >= 0.3 is 0 Å². The van der Waals surface area contributed by atoms with Crippen LogP contribution in [0.25, 0.3) is 22.4 Å². The maximum absolute atomic E-state index is 13.2. The zero-order valence-corrected chi connectivity index (χ0v) is 19.1. The lowest BCUT2D eigenvalue weighted by Crippen LogP contribution is -2.41. The molecule has 2 aromatic heterocycles. The summed E-state index contributed by atoms with van der Waals surface area (Å²) in [7, 11) is -3.49. The van der Waals surface area contributed by atoms with Crippen LogP contribution in [0.5, 0.6) is 0 Å². The van der Waals surface area contributed by atoms with Gasteiger partial charge in [-0.1, -0.05) is 6.07 Å². The number of nitrogens with zero attached hydrogens (tertiary/aromatic N) is 2. The lowest BCUT2D eigenvalue weighted by atomic mass is 9.97. The molecule has 0 radical (unpaired) electrons. The summed E-state index contributed by atoms with van der Waals surface area (Å²) in [6.07, 6.45) is 0.939. The van der Waals surface area contributed by atoms with E-state index in [9.17, 15) is 17.6 Å². The Morgan fingerprint density at radius 1 is 1.12 bits per heavy atom. The molecule has 0 bridgehead atoms. The Bertz CT molecular complexity index is 1390. The average Bonchev–Trinajstić information content (AvgIpc) is 3.50. The van der Waals surface area contributed by atoms with Crippen LogP contribution in [0.1, 0.15) is 12.8 Å². The number of amides is 1. The number of benzene rings is 2. The van der Waals surface area contributed by atoms with Gasteiger partial charge in [-0.05, 0) is 66.8 Å². The summed E-state index contributed by atoms with van der Waals surface area (Å²) >= 11 is 1.20. The first-order valence-corrected chi connectivity index (χ1v) is 12.8. The van der Waals surface area contributed by atoms with Crippen molar-refractivity contribution in [1.82, 2.24) is 14.3 Å². The molecule has 0 saturated carbocycles. The van der Waals surface area contributed by atoms with Crippen LogP contribution < -0.4 is 5.32 Å². The fraction of sp³-hybridized carbons (Fsp3) is 0.217. The van der Waals surface area contributed by atoms with Gasteiger partial charge < -0.3 is 10.3 Å². The first-order valence-electron chi connectivity index (χ1n) is 10.5. The molecule has 2 aromatic carbocycles. The number of piperidine rings is 1. The number of sulfonamides is 1. The van der Waals surface area contributed by atoms with Crippen molar-refractivity contribution < 1.29 is 17.6 Å². The van der Waals surface area contributed by atoms with Gasteiger partial charge in [-0.3, -0.25) is 4.79 Å². The number of anilines is 1. The summed E-state index contributed by atoms with van der Waals surface area (Å²) in [6.45, 7) is 0.637. The van der Waals surface area contributed by atoms with Crippen LogP contribution in [0, 0.1) is 11.7 Å². The number of rotatable bonds is 5. The molecule has 0 atom stereocenters. The fourth-order valence-corrected chi connectivity index (χ4v) is 6.59. The van der Waals surface area contributed by atoms with E-state index < -0.39 is 10.0 Å². The Morgan fingerprint density at radius 2 is 1.88 bits per heavy atom. The highest BCUT2D eigenvalue weighted by Crippen LogP contribution is 2.28. The molecule has 0 unspecified atom stereocenters. The first kappa shape index (κ1) is 21.7. The van der Waals surface area contributed by atoms with E-state index in [0.717, 1.165) is 16.6 Å². The number of halogens is 1. The molecule has 7 nitrogen and oxygen atoms in total. The molecule has 170 valence electrons. The number of carbonyl (C=O) groups is 1. The third kappa shape index (κ3) is 4.41. The van der Waals surface area contributed by atoms with E-state index in [1.807, 2.05) is 12.1 Å². The number of thiophene rings is 1. The molecule has 1 saturated heterocycles. The van der Waals surface area contributed by atoms with Gasteiger partial charge in [0.2, 0.25) is 5.91 Å². The van der Waals surface area contributed by atoms with Crippen molar-refractivity contribution in [2.45, 2.75) is 17.1 Å². The van der Waals surface area contributed by atoms with E-state index in [-0.39, 0.29) is 17.6 Å². The highest BCUT2D eigenvalue weighted by atomic mass is 32.2. The van der Waals surface area contributed by atoms with Gasteiger partial charge in [-0.25, -0.2) is 17.8 Å². The molecular formula is C23H21FN4O3S2. The lowest BCUT2D eigenvalue weighted by Gasteiger charge is -2.30. The number of fused-ring (bicyclic) bond motifs is 1. The number of hydrogen-bond acceptors (Lipinski definition) is 5. The first-order chi connectivity index (χ1) is 15.9. The van der Waals surface area contributed by atoms with E-state index in [1.54, 1.807) is 35.7 Å². The Labute approximate surface area is 194 Å². The second-order valence-electron chi connectivity index (χ2n) is 7.92. The molecule has 33 heavy (non-hydrogen) atoms. The number of aromatic amines is 1. The molecular weight excluding hydrogens is 463 g/mol. The van der Waals surface area contributed by atoms with Crippen LogP contribution in [0.2, 0.25) is 0 Å². The van der Waals surface area contributed by atoms with E-state index in [1.165, 1.54) is 27.8 Å². The maximum atomic E-state index is 13.2. The molecule has 5 rings (SSSR count). The summed E-state index contributed by atoms with van der Waals surface area (Å²) in [4.78, 5) is 20.5. The average molecular weight is 485 g/mol. The number of hydrogen-bond donors (Lipinski definition) is 2. The summed E-state index contributed by atoms with van der Waals surface area (Å²) < 4.78 is 40.3. The maximum Gasteiger partial charge on any atom is 0.252 e. The molecule has 10 heteroatoms. The fourth-order valence-electron chi connectivity index (χ4n) is 3.97. The van der Waals surface area contributed by atoms with E-state index >= 15 is 0 Å². The van der Waals surface area contributed by atoms with Gasteiger partial charge in [0.25, 0.3) is 10.0 Å². The monoisotopic (exact) mass is 484 g/mol. The van der Waals surface area contributed by atoms with Crippen molar-refractivity contribution in [3.63, 3.8) is 0 Å². The second kappa shape index (κ2) is 8.69. The van der Waals surface area contributed by atoms with Crippen molar-refractivity contribution in [3.8, 4) is 11.4 Å². The van der Waals surface area contributed by atoms with Gasteiger partial charge in [-0.15, -0.1) is 11.3 Å². The van der Waals surface area contributed by atoms with Gasteiger partial charge in [0.1, 0.15) is 15.9 Å². The number of nitrogens with one attached hydrogen (secondary N) is 2. The largest absolute Gasteiger partial charge is 0.338 e. The normalized spacial score (nSPS) is 15.7. The molecule has 4 aromatic rings. The van der Waals surface area contributed by atoms with Gasteiger partial charge in [0.15, 0.2) is 0 Å². The highest BCUT2D eigenvalue weighted by Gasteiger charge is 2.32. The molecule has 1 aliphatic heterocycles. The van der Waals surface area contributed by atoms with Crippen LogP contribution in [-0.4, -0.2) is 41.7 Å². The number of H-pyrrole nitrogens is 1. The topological polar surface area (TPSA) is 95.2 Å². The van der Waals surface area contributed by atoms with Crippen LogP contribution in [0.4, 0.5) is 10.1 Å². The van der Waals surface area contributed by atoms with E-state index in [4.69, 9.17) is 0 Å². The van der Waals surface area contributed by atoms with Crippen LogP contribution >= 0.6 is 11.3 Å². The van der Waals surface area contributed by atoms with Crippen molar-refractivity contribution in [3.05, 3.63) is 65.8 Å². The quantitative estimate of drug-likeness (QED) is 0.437. The number of carbonyl (C=O) groups excluding carboxylic acids is 1. The van der Waals surface area contributed by atoms with Crippen molar-refractivity contribution in [1.29, 1.82) is 0 Å². The van der Waals surface area contributed by atoms with Crippen LogP contribution in [0.3, 0.4) is 0 Å². The number of aromatic nitrogens is 2. The summed E-state index contributed by atoms with van der Waals surface area (Å²) in [5.41, 5.74) is 2.89. The SMILES string of the molecule is O=C(Nc1ccc2nc(-c3ccc(F)cc3)[nH]c2c1)C1CCN(S(=O)(=O)c2cccs2)CC1. The zero-order valence-electron chi connectivity index (χ0n) is 17.5. The molecule has 1 aliphatic rings. The van der Waals surface area contributed by atoms with Gasteiger partial charge in [0.05, 0.1) is 11.0 Å². The predicted octanol–water partition coefficient (Wildman–Crippen LogP) is 4.47. The minimum Gasteiger partial charge on any atom is -0.338 e.